The van der Waals surface area contributed by atoms with Crippen molar-refractivity contribution in [2.24, 2.45) is 5.92 Å². The van der Waals surface area contributed by atoms with Crippen LogP contribution in [0.3, 0.4) is 0 Å². The maximum Gasteiger partial charge on any atom is 0.168 e. The molecular formula is C22H34N6O2. The number of rotatable bonds is 8. The fourth-order valence-electron chi connectivity index (χ4n) is 4.51. The summed E-state index contributed by atoms with van der Waals surface area (Å²) in [6.07, 6.45) is 3.51. The summed E-state index contributed by atoms with van der Waals surface area (Å²) in [5.41, 5.74) is 1.25. The van der Waals surface area contributed by atoms with Crippen LogP contribution in [0.2, 0.25) is 0 Å². The smallest absolute Gasteiger partial charge is 0.168 e. The summed E-state index contributed by atoms with van der Waals surface area (Å²) in [6, 6.07) is 8.58. The van der Waals surface area contributed by atoms with E-state index in [1.54, 1.807) is 7.11 Å². The Morgan fingerprint density at radius 2 is 1.90 bits per heavy atom. The third kappa shape index (κ3) is 4.92. The van der Waals surface area contributed by atoms with Crippen molar-refractivity contribution >= 4 is 5.69 Å². The molecule has 2 fully saturated rings. The van der Waals surface area contributed by atoms with Gasteiger partial charge in [0, 0.05) is 38.5 Å². The highest BCUT2D eigenvalue weighted by atomic mass is 16.5. The van der Waals surface area contributed by atoms with Gasteiger partial charge in [0.05, 0.1) is 25.8 Å². The number of tetrazole rings is 1. The van der Waals surface area contributed by atoms with Gasteiger partial charge in [-0.2, -0.15) is 0 Å². The zero-order chi connectivity index (χ0) is 20.9. The van der Waals surface area contributed by atoms with Crippen molar-refractivity contribution < 1.29 is 9.47 Å². The Morgan fingerprint density at radius 1 is 1.13 bits per heavy atom. The quantitative estimate of drug-likeness (QED) is 0.658. The molecule has 2 unspecified atom stereocenters. The number of piperazine rings is 1. The van der Waals surface area contributed by atoms with Gasteiger partial charge in [-0.25, -0.2) is 4.68 Å². The van der Waals surface area contributed by atoms with Gasteiger partial charge in [0.1, 0.15) is 5.75 Å². The summed E-state index contributed by atoms with van der Waals surface area (Å²) in [7, 11) is 1.70. The van der Waals surface area contributed by atoms with E-state index in [1.807, 2.05) is 16.8 Å². The van der Waals surface area contributed by atoms with Gasteiger partial charge >= 0.3 is 0 Å². The average molecular weight is 415 g/mol. The van der Waals surface area contributed by atoms with E-state index in [2.05, 4.69) is 51.3 Å². The third-order valence-corrected chi connectivity index (χ3v) is 6.15. The first-order valence-electron chi connectivity index (χ1n) is 11.1. The molecule has 1 aromatic heterocycles. The van der Waals surface area contributed by atoms with Gasteiger partial charge in [0.2, 0.25) is 0 Å². The predicted molar refractivity (Wildman–Crippen MR) is 116 cm³/mol. The van der Waals surface area contributed by atoms with Gasteiger partial charge < -0.3 is 14.4 Å². The topological polar surface area (TPSA) is 68.5 Å². The predicted octanol–water partition coefficient (Wildman–Crippen LogP) is 2.77. The van der Waals surface area contributed by atoms with E-state index in [4.69, 9.17) is 9.47 Å². The van der Waals surface area contributed by atoms with Crippen LogP contribution in [0.25, 0.3) is 0 Å². The third-order valence-electron chi connectivity index (χ3n) is 6.15. The molecule has 1 aromatic carbocycles. The first-order valence-corrected chi connectivity index (χ1v) is 11.1. The van der Waals surface area contributed by atoms with E-state index in [-0.39, 0.29) is 12.1 Å². The van der Waals surface area contributed by atoms with E-state index in [0.717, 1.165) is 70.2 Å². The number of ether oxygens (including phenoxy) is 2. The first-order chi connectivity index (χ1) is 14.6. The SMILES string of the molecule is COc1ccc(N2CCN(C(CC(C)C)c3nnnn3CC3CCCO3)CC2)cc1. The zero-order valence-corrected chi connectivity index (χ0v) is 18.4. The maximum atomic E-state index is 5.82. The van der Waals surface area contributed by atoms with Crippen LogP contribution in [-0.2, 0) is 11.3 Å². The van der Waals surface area contributed by atoms with Crippen molar-refractivity contribution in [2.45, 2.75) is 51.8 Å². The van der Waals surface area contributed by atoms with E-state index >= 15 is 0 Å². The molecule has 8 nitrogen and oxygen atoms in total. The molecule has 2 aromatic rings. The van der Waals surface area contributed by atoms with Crippen LogP contribution in [0.5, 0.6) is 5.75 Å². The number of hydrogen-bond acceptors (Lipinski definition) is 7. The lowest BCUT2D eigenvalue weighted by Crippen LogP contribution is -2.48. The Bertz CT molecular complexity index is 779. The molecule has 2 saturated heterocycles. The Morgan fingerprint density at radius 3 is 2.53 bits per heavy atom. The van der Waals surface area contributed by atoms with Gasteiger partial charge in [0.25, 0.3) is 0 Å². The molecule has 4 rings (SSSR count). The second-order valence-electron chi connectivity index (χ2n) is 8.72. The second kappa shape index (κ2) is 9.75. The van der Waals surface area contributed by atoms with Crippen LogP contribution < -0.4 is 9.64 Å². The fraction of sp³-hybridized carbons (Fsp3) is 0.682. The van der Waals surface area contributed by atoms with Crippen molar-refractivity contribution in [1.82, 2.24) is 25.1 Å². The summed E-state index contributed by atoms with van der Waals surface area (Å²) in [6.45, 7) is 10.1. The summed E-state index contributed by atoms with van der Waals surface area (Å²) in [5.74, 6) is 2.45. The number of nitrogens with zero attached hydrogens (tertiary/aromatic N) is 6. The van der Waals surface area contributed by atoms with Crippen LogP contribution in [0.4, 0.5) is 5.69 Å². The van der Waals surface area contributed by atoms with Crippen LogP contribution in [0.1, 0.15) is 45.0 Å². The summed E-state index contributed by atoms with van der Waals surface area (Å²) in [5, 5.41) is 12.8. The molecule has 164 valence electrons. The molecule has 3 heterocycles. The van der Waals surface area contributed by atoms with Gasteiger partial charge in [-0.15, -0.1) is 5.10 Å². The second-order valence-corrected chi connectivity index (χ2v) is 8.72. The normalized spacial score (nSPS) is 21.3. The number of methoxy groups -OCH3 is 1. The lowest BCUT2D eigenvalue weighted by molar-refractivity contribution is 0.0885. The monoisotopic (exact) mass is 414 g/mol. The fourth-order valence-corrected chi connectivity index (χ4v) is 4.51. The highest BCUT2D eigenvalue weighted by Crippen LogP contribution is 2.29. The standard InChI is InChI=1S/C22H34N6O2/c1-17(2)15-21(22-23-24-25-28(22)16-20-5-4-14-30-20)27-12-10-26(11-13-27)18-6-8-19(29-3)9-7-18/h6-9,17,20-21H,4-5,10-16H2,1-3H3. The average Bonchev–Trinajstić information content (AvgIpc) is 3.45. The molecule has 2 aliphatic rings. The summed E-state index contributed by atoms with van der Waals surface area (Å²) in [4.78, 5) is 5.00. The molecule has 0 saturated carbocycles. The van der Waals surface area contributed by atoms with Crippen LogP contribution in [0.15, 0.2) is 24.3 Å². The van der Waals surface area contributed by atoms with E-state index in [0.29, 0.717) is 5.92 Å². The molecule has 0 bridgehead atoms. The van der Waals surface area contributed by atoms with Crippen molar-refractivity contribution in [3.05, 3.63) is 30.1 Å². The van der Waals surface area contributed by atoms with E-state index in [1.165, 1.54) is 5.69 Å². The van der Waals surface area contributed by atoms with Gasteiger partial charge in [0.15, 0.2) is 5.82 Å². The van der Waals surface area contributed by atoms with Crippen molar-refractivity contribution in [3.63, 3.8) is 0 Å². The highest BCUT2D eigenvalue weighted by molar-refractivity contribution is 5.49. The van der Waals surface area contributed by atoms with Crippen molar-refractivity contribution in [3.8, 4) is 5.75 Å². The molecule has 0 radical (unpaired) electrons. The minimum Gasteiger partial charge on any atom is -0.497 e. The number of aromatic nitrogens is 4. The maximum absolute atomic E-state index is 5.82. The molecule has 30 heavy (non-hydrogen) atoms. The molecule has 0 aliphatic carbocycles. The van der Waals surface area contributed by atoms with Crippen LogP contribution in [0, 0.1) is 5.92 Å². The minimum absolute atomic E-state index is 0.235. The molecule has 0 spiro atoms. The highest BCUT2D eigenvalue weighted by Gasteiger charge is 2.31. The number of benzene rings is 1. The minimum atomic E-state index is 0.235. The summed E-state index contributed by atoms with van der Waals surface area (Å²) < 4.78 is 13.1. The molecule has 0 amide bonds. The zero-order valence-electron chi connectivity index (χ0n) is 18.4. The first kappa shape index (κ1) is 21.1. The Balaban J connectivity index is 1.44. The lowest BCUT2D eigenvalue weighted by atomic mass is 10.0. The van der Waals surface area contributed by atoms with E-state index < -0.39 is 0 Å². The Hall–Kier alpha value is -2.19. The van der Waals surface area contributed by atoms with Gasteiger partial charge in [-0.1, -0.05) is 13.8 Å². The summed E-state index contributed by atoms with van der Waals surface area (Å²) >= 11 is 0. The lowest BCUT2D eigenvalue weighted by Gasteiger charge is -2.40. The van der Waals surface area contributed by atoms with Crippen LogP contribution in [-0.4, -0.2) is 71.1 Å². The Kier molecular flexibility index (Phi) is 6.84. The van der Waals surface area contributed by atoms with E-state index in [9.17, 15) is 0 Å². The van der Waals surface area contributed by atoms with Crippen LogP contribution >= 0.6 is 0 Å². The molecule has 2 atom stereocenters. The number of hydrogen-bond donors (Lipinski definition) is 0. The molecule has 0 N–H and O–H groups in total. The van der Waals surface area contributed by atoms with Gasteiger partial charge in [-0.3, -0.25) is 4.90 Å². The van der Waals surface area contributed by atoms with Crippen molar-refractivity contribution in [2.75, 3.05) is 44.8 Å². The Labute approximate surface area is 179 Å². The molecule has 2 aliphatic heterocycles. The number of anilines is 1. The van der Waals surface area contributed by atoms with Gasteiger partial charge in [-0.05, 0) is 59.9 Å². The molecule has 8 heteroatoms. The largest absolute Gasteiger partial charge is 0.497 e. The van der Waals surface area contributed by atoms with Crippen molar-refractivity contribution in [1.29, 1.82) is 0 Å². The molecular weight excluding hydrogens is 380 g/mol.